The molecule has 5 heteroatoms. The van der Waals surface area contributed by atoms with Crippen LogP contribution in [-0.2, 0) is 4.79 Å². The van der Waals surface area contributed by atoms with Crippen molar-refractivity contribution in [3.05, 3.63) is 34.4 Å². The zero-order valence-corrected chi connectivity index (χ0v) is 11.1. The van der Waals surface area contributed by atoms with E-state index in [-0.39, 0.29) is 17.4 Å². The second-order valence-corrected chi connectivity index (χ2v) is 4.39. The number of rotatable bonds is 8. The Bertz CT molecular complexity index is 431. The highest BCUT2D eigenvalue weighted by Crippen LogP contribution is 2.19. The number of benzene rings is 1. The van der Waals surface area contributed by atoms with E-state index in [0.717, 1.165) is 25.7 Å². The predicted molar refractivity (Wildman–Crippen MR) is 72.1 cm³/mol. The lowest BCUT2D eigenvalue weighted by Crippen LogP contribution is -2.07. The van der Waals surface area contributed by atoms with Crippen LogP contribution >= 0.6 is 0 Å². The van der Waals surface area contributed by atoms with Gasteiger partial charge < -0.3 is 4.74 Å². The van der Waals surface area contributed by atoms with Crippen LogP contribution in [0.2, 0.25) is 0 Å². The van der Waals surface area contributed by atoms with Crippen LogP contribution in [0.15, 0.2) is 24.3 Å². The zero-order chi connectivity index (χ0) is 14.1. The van der Waals surface area contributed by atoms with E-state index in [0.29, 0.717) is 6.42 Å². The molecule has 0 unspecified atom stereocenters. The molecule has 0 radical (unpaired) electrons. The summed E-state index contributed by atoms with van der Waals surface area (Å²) in [6, 6.07) is 5.67. The van der Waals surface area contributed by atoms with Crippen LogP contribution in [-0.4, -0.2) is 10.9 Å². The first-order valence-corrected chi connectivity index (χ1v) is 6.58. The maximum Gasteiger partial charge on any atom is 0.311 e. The molecular weight excluding hydrogens is 246 g/mol. The molecule has 0 spiro atoms. The molecular formula is C14H19NO4. The number of non-ortho nitro benzene ring substituents is 1. The predicted octanol–water partition coefficient (Wildman–Crippen LogP) is 3.86. The van der Waals surface area contributed by atoms with Crippen LogP contribution in [0.25, 0.3) is 0 Å². The highest BCUT2D eigenvalue weighted by atomic mass is 16.6. The molecule has 0 N–H and O–H groups in total. The minimum Gasteiger partial charge on any atom is -0.426 e. The van der Waals surface area contributed by atoms with Gasteiger partial charge in [0, 0.05) is 12.5 Å². The van der Waals surface area contributed by atoms with Crippen LogP contribution in [0.3, 0.4) is 0 Å². The average molecular weight is 265 g/mol. The summed E-state index contributed by atoms with van der Waals surface area (Å²) in [5, 5.41) is 10.6. The third-order valence-electron chi connectivity index (χ3n) is 2.74. The van der Waals surface area contributed by atoms with Gasteiger partial charge in [-0.1, -0.05) is 38.7 Å². The Balaban J connectivity index is 2.35. The standard InChI is InChI=1S/C14H19NO4/c1-2-3-4-5-6-10-14(16)19-13-9-7-8-12(11-13)15(17)18/h7-9,11H,2-6,10H2,1H3. The Morgan fingerprint density at radius 3 is 2.68 bits per heavy atom. The average Bonchev–Trinajstić information content (AvgIpc) is 2.38. The largest absolute Gasteiger partial charge is 0.426 e. The Hall–Kier alpha value is -1.91. The summed E-state index contributed by atoms with van der Waals surface area (Å²) in [4.78, 5) is 21.6. The fraction of sp³-hybridized carbons (Fsp3) is 0.500. The first-order chi connectivity index (χ1) is 9.13. The van der Waals surface area contributed by atoms with E-state index in [4.69, 9.17) is 4.74 Å². The van der Waals surface area contributed by atoms with E-state index in [1.807, 2.05) is 0 Å². The molecule has 1 aromatic carbocycles. The van der Waals surface area contributed by atoms with Crippen LogP contribution in [0.1, 0.15) is 45.4 Å². The lowest BCUT2D eigenvalue weighted by molar-refractivity contribution is -0.384. The molecule has 0 saturated heterocycles. The molecule has 0 heterocycles. The molecule has 0 aliphatic rings. The van der Waals surface area contributed by atoms with Crippen LogP contribution in [0, 0.1) is 10.1 Å². The second kappa shape index (κ2) is 8.24. The summed E-state index contributed by atoms with van der Waals surface area (Å²) < 4.78 is 5.07. The van der Waals surface area contributed by atoms with Crippen molar-refractivity contribution >= 4 is 11.7 Å². The van der Waals surface area contributed by atoms with E-state index >= 15 is 0 Å². The van der Waals surface area contributed by atoms with Crippen molar-refractivity contribution in [3.63, 3.8) is 0 Å². The summed E-state index contributed by atoms with van der Waals surface area (Å²) in [6.45, 7) is 2.14. The number of nitrogens with zero attached hydrogens (tertiary/aromatic N) is 1. The van der Waals surface area contributed by atoms with Crippen molar-refractivity contribution in [2.75, 3.05) is 0 Å². The fourth-order valence-corrected chi connectivity index (χ4v) is 1.72. The van der Waals surface area contributed by atoms with E-state index in [9.17, 15) is 14.9 Å². The van der Waals surface area contributed by atoms with Gasteiger partial charge in [0.05, 0.1) is 11.0 Å². The molecule has 5 nitrogen and oxygen atoms in total. The lowest BCUT2D eigenvalue weighted by Gasteiger charge is -2.04. The second-order valence-electron chi connectivity index (χ2n) is 4.39. The summed E-state index contributed by atoms with van der Waals surface area (Å²) in [6.07, 6.45) is 5.64. The molecule has 0 atom stereocenters. The molecule has 19 heavy (non-hydrogen) atoms. The number of ether oxygens (including phenoxy) is 1. The first kappa shape index (κ1) is 15.1. The van der Waals surface area contributed by atoms with Crippen molar-refractivity contribution in [2.45, 2.75) is 45.4 Å². The maximum absolute atomic E-state index is 11.5. The minimum absolute atomic E-state index is 0.0757. The number of carbonyl (C=O) groups is 1. The minimum atomic E-state index is -0.512. The van der Waals surface area contributed by atoms with E-state index in [1.165, 1.54) is 24.6 Å². The molecule has 1 aromatic rings. The number of nitro groups is 1. The molecule has 1 rings (SSSR count). The number of nitro benzene ring substituents is 1. The van der Waals surface area contributed by atoms with Crippen LogP contribution in [0.4, 0.5) is 5.69 Å². The van der Waals surface area contributed by atoms with E-state index in [1.54, 1.807) is 6.07 Å². The molecule has 0 amide bonds. The van der Waals surface area contributed by atoms with Crippen molar-refractivity contribution in [3.8, 4) is 5.75 Å². The Labute approximate surface area is 112 Å². The van der Waals surface area contributed by atoms with Crippen LogP contribution < -0.4 is 4.74 Å². The van der Waals surface area contributed by atoms with Crippen molar-refractivity contribution in [1.29, 1.82) is 0 Å². The van der Waals surface area contributed by atoms with Gasteiger partial charge in [-0.2, -0.15) is 0 Å². The highest BCUT2D eigenvalue weighted by Gasteiger charge is 2.09. The van der Waals surface area contributed by atoms with E-state index in [2.05, 4.69) is 6.92 Å². The number of unbranched alkanes of at least 4 members (excludes halogenated alkanes) is 4. The Morgan fingerprint density at radius 1 is 1.26 bits per heavy atom. The van der Waals surface area contributed by atoms with E-state index < -0.39 is 4.92 Å². The molecule has 0 aliphatic carbocycles. The summed E-state index contributed by atoms with van der Waals surface area (Å²) in [5.74, 6) is -0.107. The van der Waals surface area contributed by atoms with Gasteiger partial charge >= 0.3 is 5.97 Å². The third-order valence-corrected chi connectivity index (χ3v) is 2.74. The molecule has 0 aliphatic heterocycles. The molecule has 0 aromatic heterocycles. The zero-order valence-electron chi connectivity index (χ0n) is 11.1. The Morgan fingerprint density at radius 2 is 2.00 bits per heavy atom. The summed E-state index contributed by atoms with van der Waals surface area (Å²) >= 11 is 0. The van der Waals surface area contributed by atoms with Gasteiger partial charge in [-0.05, 0) is 12.5 Å². The smallest absolute Gasteiger partial charge is 0.311 e. The van der Waals surface area contributed by atoms with Gasteiger partial charge in [0.25, 0.3) is 5.69 Å². The number of esters is 1. The van der Waals surface area contributed by atoms with Crippen molar-refractivity contribution < 1.29 is 14.5 Å². The summed E-state index contributed by atoms with van der Waals surface area (Å²) in [5.41, 5.74) is -0.0757. The van der Waals surface area contributed by atoms with Gasteiger partial charge in [-0.3, -0.25) is 14.9 Å². The molecule has 0 saturated carbocycles. The quantitative estimate of drug-likeness (QED) is 0.235. The Kier molecular flexibility index (Phi) is 6.57. The van der Waals surface area contributed by atoms with Gasteiger partial charge in [-0.25, -0.2) is 0 Å². The van der Waals surface area contributed by atoms with Gasteiger partial charge in [0.1, 0.15) is 5.75 Å². The fourth-order valence-electron chi connectivity index (χ4n) is 1.72. The monoisotopic (exact) mass is 265 g/mol. The third kappa shape index (κ3) is 5.99. The first-order valence-electron chi connectivity index (χ1n) is 6.58. The maximum atomic E-state index is 11.5. The molecule has 0 bridgehead atoms. The molecule has 0 fully saturated rings. The topological polar surface area (TPSA) is 69.4 Å². The highest BCUT2D eigenvalue weighted by molar-refractivity contribution is 5.72. The number of hydrogen-bond acceptors (Lipinski definition) is 4. The lowest BCUT2D eigenvalue weighted by atomic mass is 10.1. The molecule has 104 valence electrons. The number of hydrogen-bond donors (Lipinski definition) is 0. The van der Waals surface area contributed by atoms with Crippen molar-refractivity contribution in [1.82, 2.24) is 0 Å². The SMILES string of the molecule is CCCCCCCC(=O)Oc1cccc([N+](=O)[O-])c1. The van der Waals surface area contributed by atoms with Crippen LogP contribution in [0.5, 0.6) is 5.75 Å². The number of carbonyl (C=O) groups excluding carboxylic acids is 1. The normalized spacial score (nSPS) is 10.2. The van der Waals surface area contributed by atoms with Gasteiger partial charge in [0.2, 0.25) is 0 Å². The van der Waals surface area contributed by atoms with Gasteiger partial charge in [-0.15, -0.1) is 0 Å². The van der Waals surface area contributed by atoms with Gasteiger partial charge in [0.15, 0.2) is 0 Å². The van der Waals surface area contributed by atoms with Crippen molar-refractivity contribution in [2.24, 2.45) is 0 Å². The summed E-state index contributed by atoms with van der Waals surface area (Å²) in [7, 11) is 0.